The van der Waals surface area contributed by atoms with E-state index in [1.165, 1.54) is 24.6 Å². The van der Waals surface area contributed by atoms with Crippen LogP contribution in [0.5, 0.6) is 11.5 Å². The van der Waals surface area contributed by atoms with E-state index < -0.39 is 5.97 Å². The molecule has 5 nitrogen and oxygen atoms in total. The molecule has 0 bridgehead atoms. The first-order chi connectivity index (χ1) is 10.2. The molecule has 0 aliphatic heterocycles. The molecular weight excluding hydrogens is 268 g/mol. The topological polar surface area (TPSA) is 72.3 Å². The molecule has 1 aromatic carbocycles. The largest absolute Gasteiger partial charge is 0.477 e. The molecule has 1 saturated carbocycles. The molecule has 1 aromatic heterocycles. The van der Waals surface area contributed by atoms with E-state index in [1.54, 1.807) is 0 Å². The lowest BCUT2D eigenvalue weighted by Gasteiger charge is -2.11. The molecule has 5 heteroatoms. The normalized spacial score (nSPS) is 14.0. The molecule has 2 aromatic rings. The van der Waals surface area contributed by atoms with E-state index in [-0.39, 0.29) is 11.3 Å². The number of aromatic carboxylic acids is 1. The van der Waals surface area contributed by atoms with Gasteiger partial charge in [-0.2, -0.15) is 10.2 Å². The highest BCUT2D eigenvalue weighted by molar-refractivity contribution is 5.92. The van der Waals surface area contributed by atoms with E-state index in [9.17, 15) is 9.90 Å². The van der Waals surface area contributed by atoms with Gasteiger partial charge in [-0.3, -0.25) is 0 Å². The number of hydrogen-bond donors (Lipinski definition) is 1. The third kappa shape index (κ3) is 2.86. The molecule has 1 heterocycles. The number of rotatable bonds is 5. The molecule has 0 amide bonds. The molecule has 1 fully saturated rings. The third-order valence-corrected chi connectivity index (χ3v) is 3.57. The fourth-order valence-corrected chi connectivity index (χ4v) is 2.34. The number of aryl methyl sites for hydroxylation is 1. The maximum Gasteiger partial charge on any atom is 0.341 e. The number of carbonyl (C=O) groups is 1. The summed E-state index contributed by atoms with van der Waals surface area (Å²) in [6, 6.07) is 7.79. The number of carboxylic acid groups (broad SMARTS) is 1. The average Bonchev–Trinajstić information content (AvgIpc) is 3.31. The second-order valence-electron chi connectivity index (χ2n) is 5.14. The maximum absolute atomic E-state index is 11.4. The first kappa shape index (κ1) is 13.5. The van der Waals surface area contributed by atoms with Crippen molar-refractivity contribution in [3.63, 3.8) is 0 Å². The summed E-state index contributed by atoms with van der Waals surface area (Å²) in [7, 11) is 0. The van der Waals surface area contributed by atoms with Crippen molar-refractivity contribution in [3.05, 3.63) is 47.3 Å². The minimum Gasteiger partial charge on any atom is -0.477 e. The number of ether oxygens (including phenoxy) is 1. The monoisotopic (exact) mass is 284 g/mol. The van der Waals surface area contributed by atoms with Crippen LogP contribution in [0, 0.1) is 0 Å². The fraction of sp³-hybridized carbons (Fsp3) is 0.312. The number of benzene rings is 1. The van der Waals surface area contributed by atoms with Gasteiger partial charge < -0.3 is 9.84 Å². The van der Waals surface area contributed by atoms with E-state index in [1.807, 2.05) is 25.1 Å². The van der Waals surface area contributed by atoms with Crippen molar-refractivity contribution in [1.82, 2.24) is 10.2 Å². The van der Waals surface area contributed by atoms with Gasteiger partial charge in [0.2, 0.25) is 0 Å². The van der Waals surface area contributed by atoms with E-state index in [2.05, 4.69) is 16.3 Å². The van der Waals surface area contributed by atoms with Crippen LogP contribution >= 0.6 is 0 Å². The van der Waals surface area contributed by atoms with E-state index in [0.717, 1.165) is 0 Å². The lowest BCUT2D eigenvalue weighted by molar-refractivity contribution is 0.0692. The number of aromatic nitrogens is 2. The van der Waals surface area contributed by atoms with Crippen LogP contribution in [-0.4, -0.2) is 21.3 Å². The van der Waals surface area contributed by atoms with Gasteiger partial charge in [-0.25, -0.2) is 4.79 Å². The summed E-state index contributed by atoms with van der Waals surface area (Å²) in [6.07, 6.45) is 4.27. The molecular formula is C16H16N2O3. The number of hydrogen-bond acceptors (Lipinski definition) is 4. The van der Waals surface area contributed by atoms with Gasteiger partial charge in [-0.15, -0.1) is 0 Å². The highest BCUT2D eigenvalue weighted by Crippen LogP contribution is 2.41. The Morgan fingerprint density at radius 3 is 2.90 bits per heavy atom. The van der Waals surface area contributed by atoms with E-state index in [4.69, 9.17) is 4.74 Å². The minimum atomic E-state index is -1.05. The number of nitrogens with zero attached hydrogens (tertiary/aromatic N) is 2. The van der Waals surface area contributed by atoms with Crippen molar-refractivity contribution in [3.8, 4) is 11.5 Å². The third-order valence-electron chi connectivity index (χ3n) is 3.57. The smallest absolute Gasteiger partial charge is 0.341 e. The number of carboxylic acids is 1. The lowest BCUT2D eigenvalue weighted by Crippen LogP contribution is -2.08. The van der Waals surface area contributed by atoms with Crippen LogP contribution in [0.1, 0.15) is 47.3 Å². The first-order valence-electron chi connectivity index (χ1n) is 7.04. The Morgan fingerprint density at radius 1 is 1.43 bits per heavy atom. The Bertz CT molecular complexity index is 681. The second-order valence-corrected chi connectivity index (χ2v) is 5.14. The van der Waals surface area contributed by atoms with Crippen molar-refractivity contribution in [2.75, 3.05) is 0 Å². The molecule has 3 rings (SSSR count). The standard InChI is InChI=1S/C16H16N2O3/c1-2-13-15(16(19)20)14(9-17-18-13)21-12-5-3-4-11(8-12)10-6-7-10/h3-5,8-10H,2,6-7H2,1H3,(H,19,20). The van der Waals surface area contributed by atoms with Crippen LogP contribution < -0.4 is 4.74 Å². The van der Waals surface area contributed by atoms with Crippen molar-refractivity contribution >= 4 is 5.97 Å². The summed E-state index contributed by atoms with van der Waals surface area (Å²) in [5.41, 5.74) is 1.75. The first-order valence-corrected chi connectivity index (χ1v) is 7.04. The zero-order valence-corrected chi connectivity index (χ0v) is 11.7. The van der Waals surface area contributed by atoms with Gasteiger partial charge in [0.05, 0.1) is 11.9 Å². The van der Waals surface area contributed by atoms with Crippen molar-refractivity contribution < 1.29 is 14.6 Å². The second kappa shape index (κ2) is 5.52. The van der Waals surface area contributed by atoms with Crippen LogP contribution in [0.3, 0.4) is 0 Å². The van der Waals surface area contributed by atoms with Gasteiger partial charge in [0.15, 0.2) is 5.75 Å². The van der Waals surface area contributed by atoms with Gasteiger partial charge in [0.1, 0.15) is 11.3 Å². The summed E-state index contributed by atoms with van der Waals surface area (Å²) in [5, 5.41) is 17.1. The SMILES string of the molecule is CCc1nncc(Oc2cccc(C3CC3)c2)c1C(=O)O. The summed E-state index contributed by atoms with van der Waals surface area (Å²) in [5.74, 6) is 0.448. The van der Waals surface area contributed by atoms with Crippen molar-refractivity contribution in [2.45, 2.75) is 32.1 Å². The molecule has 1 N–H and O–H groups in total. The van der Waals surface area contributed by atoms with Crippen LogP contribution in [0.25, 0.3) is 0 Å². The Kier molecular flexibility index (Phi) is 3.56. The Balaban J connectivity index is 1.94. The lowest BCUT2D eigenvalue weighted by atomic mass is 10.1. The summed E-state index contributed by atoms with van der Waals surface area (Å²) in [6.45, 7) is 1.84. The minimum absolute atomic E-state index is 0.0873. The maximum atomic E-state index is 11.4. The van der Waals surface area contributed by atoms with E-state index in [0.29, 0.717) is 23.8 Å². The van der Waals surface area contributed by atoms with Crippen LogP contribution in [-0.2, 0) is 6.42 Å². The zero-order chi connectivity index (χ0) is 14.8. The van der Waals surface area contributed by atoms with Gasteiger partial charge >= 0.3 is 5.97 Å². The predicted octanol–water partition coefficient (Wildman–Crippen LogP) is 3.41. The highest BCUT2D eigenvalue weighted by Gasteiger charge is 2.24. The zero-order valence-electron chi connectivity index (χ0n) is 11.7. The summed E-state index contributed by atoms with van der Waals surface area (Å²) in [4.78, 5) is 11.4. The Morgan fingerprint density at radius 2 is 2.24 bits per heavy atom. The molecule has 1 aliphatic carbocycles. The molecule has 0 saturated heterocycles. The van der Waals surface area contributed by atoms with Crippen LogP contribution in [0.15, 0.2) is 30.5 Å². The average molecular weight is 284 g/mol. The molecule has 0 radical (unpaired) electrons. The Labute approximate surface area is 122 Å². The fourth-order valence-electron chi connectivity index (χ4n) is 2.34. The Hall–Kier alpha value is -2.43. The van der Waals surface area contributed by atoms with Crippen LogP contribution in [0.2, 0.25) is 0 Å². The van der Waals surface area contributed by atoms with Crippen molar-refractivity contribution in [1.29, 1.82) is 0 Å². The van der Waals surface area contributed by atoms with Gasteiger partial charge in [-0.1, -0.05) is 19.1 Å². The van der Waals surface area contributed by atoms with Gasteiger partial charge in [0, 0.05) is 0 Å². The van der Waals surface area contributed by atoms with Gasteiger partial charge in [-0.05, 0) is 42.9 Å². The molecule has 21 heavy (non-hydrogen) atoms. The summed E-state index contributed by atoms with van der Waals surface area (Å²) < 4.78 is 5.75. The molecule has 0 atom stereocenters. The molecule has 0 spiro atoms. The predicted molar refractivity (Wildman–Crippen MR) is 76.9 cm³/mol. The van der Waals surface area contributed by atoms with Crippen molar-refractivity contribution in [2.24, 2.45) is 0 Å². The summed E-state index contributed by atoms with van der Waals surface area (Å²) >= 11 is 0. The molecule has 1 aliphatic rings. The van der Waals surface area contributed by atoms with Crippen LogP contribution in [0.4, 0.5) is 0 Å². The molecule has 0 unspecified atom stereocenters. The highest BCUT2D eigenvalue weighted by atomic mass is 16.5. The molecule has 108 valence electrons. The van der Waals surface area contributed by atoms with E-state index >= 15 is 0 Å². The quantitative estimate of drug-likeness (QED) is 0.911. The van der Waals surface area contributed by atoms with Gasteiger partial charge in [0.25, 0.3) is 0 Å².